The van der Waals surface area contributed by atoms with E-state index >= 15 is 0 Å². The van der Waals surface area contributed by atoms with Crippen molar-refractivity contribution < 1.29 is 4.79 Å². The normalized spacial score (nSPS) is 29.7. The van der Waals surface area contributed by atoms with Crippen LogP contribution >= 0.6 is 24.8 Å². The molecule has 2 rings (SSSR count). The molecule has 2 atom stereocenters. The van der Waals surface area contributed by atoms with E-state index in [1.54, 1.807) is 0 Å². The number of nitrogens with zero attached hydrogens (tertiary/aromatic N) is 2. The third-order valence-corrected chi connectivity index (χ3v) is 5.10. The number of carbonyl (C=O) groups excluding carboxylic acids is 1. The van der Waals surface area contributed by atoms with Gasteiger partial charge >= 0.3 is 0 Å². The molecule has 2 N–H and O–H groups in total. The van der Waals surface area contributed by atoms with Gasteiger partial charge in [0.2, 0.25) is 5.91 Å². The molecule has 1 aliphatic carbocycles. The van der Waals surface area contributed by atoms with Crippen LogP contribution in [0.4, 0.5) is 0 Å². The predicted molar refractivity (Wildman–Crippen MR) is 96.9 cm³/mol. The third kappa shape index (κ3) is 5.55. The minimum absolute atomic E-state index is 0. The lowest BCUT2D eigenvalue weighted by molar-refractivity contribution is -0.140. The SMILES string of the molecule is CN(C)CC1CCN(C(=O)C2CCCCC2(C)N)CC1.Cl.Cl. The highest BCUT2D eigenvalue weighted by Gasteiger charge is 2.40. The summed E-state index contributed by atoms with van der Waals surface area (Å²) in [6.45, 7) is 5.04. The van der Waals surface area contributed by atoms with Crippen molar-refractivity contribution in [3.05, 3.63) is 0 Å². The van der Waals surface area contributed by atoms with Crippen LogP contribution in [0.25, 0.3) is 0 Å². The number of hydrogen-bond acceptors (Lipinski definition) is 3. The Labute approximate surface area is 148 Å². The Kier molecular flexibility index (Phi) is 9.30. The molecule has 1 amide bonds. The van der Waals surface area contributed by atoms with Crippen LogP contribution < -0.4 is 5.73 Å². The molecule has 0 radical (unpaired) electrons. The Morgan fingerprint density at radius 1 is 1.18 bits per heavy atom. The minimum atomic E-state index is -0.296. The highest BCUT2D eigenvalue weighted by Crippen LogP contribution is 2.33. The second kappa shape index (κ2) is 9.31. The standard InChI is InChI=1S/C16H31N3O.2ClH/c1-16(17)9-5-4-6-14(16)15(20)19-10-7-13(8-11-19)12-18(2)3;;/h13-14H,4-12,17H2,1-3H3;2*1H. The molecule has 0 spiro atoms. The van der Waals surface area contributed by atoms with Crippen LogP contribution in [0.3, 0.4) is 0 Å². The monoisotopic (exact) mass is 353 g/mol. The zero-order valence-corrected chi connectivity index (χ0v) is 15.8. The number of amides is 1. The van der Waals surface area contributed by atoms with Gasteiger partial charge in [0.15, 0.2) is 0 Å². The average molecular weight is 354 g/mol. The molecule has 22 heavy (non-hydrogen) atoms. The molecule has 2 unspecified atom stereocenters. The van der Waals surface area contributed by atoms with Crippen LogP contribution in [0.15, 0.2) is 0 Å². The highest BCUT2D eigenvalue weighted by molar-refractivity contribution is 5.85. The quantitative estimate of drug-likeness (QED) is 0.847. The molecule has 0 bridgehead atoms. The zero-order valence-electron chi connectivity index (χ0n) is 14.2. The third-order valence-electron chi connectivity index (χ3n) is 5.10. The summed E-state index contributed by atoms with van der Waals surface area (Å²) in [6, 6.07) is 0. The molecule has 0 aromatic carbocycles. The summed E-state index contributed by atoms with van der Waals surface area (Å²) in [5, 5.41) is 0. The molecule has 1 aliphatic heterocycles. The summed E-state index contributed by atoms with van der Waals surface area (Å²) in [7, 11) is 4.25. The highest BCUT2D eigenvalue weighted by atomic mass is 35.5. The fourth-order valence-electron chi connectivity index (χ4n) is 3.84. The number of piperidine rings is 1. The van der Waals surface area contributed by atoms with E-state index in [-0.39, 0.29) is 36.3 Å². The van der Waals surface area contributed by atoms with Crippen molar-refractivity contribution in [2.24, 2.45) is 17.6 Å². The summed E-state index contributed by atoms with van der Waals surface area (Å²) in [6.07, 6.45) is 6.56. The maximum atomic E-state index is 12.7. The van der Waals surface area contributed by atoms with Gasteiger partial charge in [0.25, 0.3) is 0 Å². The molecule has 0 aromatic heterocycles. The number of halogens is 2. The van der Waals surface area contributed by atoms with E-state index < -0.39 is 0 Å². The Hall–Kier alpha value is -0.0300. The average Bonchev–Trinajstić information content (AvgIpc) is 2.37. The first-order valence-electron chi connectivity index (χ1n) is 8.12. The van der Waals surface area contributed by atoms with E-state index in [1.165, 1.54) is 6.42 Å². The number of carbonyl (C=O) groups is 1. The fraction of sp³-hybridized carbons (Fsp3) is 0.938. The first-order valence-corrected chi connectivity index (χ1v) is 8.12. The summed E-state index contributed by atoms with van der Waals surface area (Å²) < 4.78 is 0. The molecule has 132 valence electrons. The molecular weight excluding hydrogens is 321 g/mol. The van der Waals surface area contributed by atoms with E-state index in [4.69, 9.17) is 5.73 Å². The largest absolute Gasteiger partial charge is 0.342 e. The Balaban J connectivity index is 0.00000220. The number of hydrogen-bond donors (Lipinski definition) is 1. The van der Waals surface area contributed by atoms with Gasteiger partial charge in [0, 0.05) is 25.2 Å². The van der Waals surface area contributed by atoms with Crippen molar-refractivity contribution in [2.75, 3.05) is 33.7 Å². The maximum Gasteiger partial charge on any atom is 0.227 e. The van der Waals surface area contributed by atoms with E-state index in [9.17, 15) is 4.79 Å². The Bertz CT molecular complexity index is 342. The fourth-order valence-corrected chi connectivity index (χ4v) is 3.84. The second-order valence-corrected chi connectivity index (χ2v) is 7.34. The van der Waals surface area contributed by atoms with Crippen LogP contribution in [0, 0.1) is 11.8 Å². The summed E-state index contributed by atoms with van der Waals surface area (Å²) >= 11 is 0. The molecule has 1 saturated heterocycles. The zero-order chi connectivity index (χ0) is 14.8. The molecule has 2 fully saturated rings. The summed E-state index contributed by atoms with van der Waals surface area (Å²) in [4.78, 5) is 17.1. The number of nitrogens with two attached hydrogens (primary N) is 1. The van der Waals surface area contributed by atoms with Gasteiger partial charge in [-0.3, -0.25) is 4.79 Å². The van der Waals surface area contributed by atoms with Crippen LogP contribution in [0.5, 0.6) is 0 Å². The van der Waals surface area contributed by atoms with Crippen LogP contribution in [-0.2, 0) is 4.79 Å². The van der Waals surface area contributed by atoms with E-state index in [1.807, 2.05) is 0 Å². The van der Waals surface area contributed by atoms with Gasteiger partial charge in [-0.2, -0.15) is 0 Å². The van der Waals surface area contributed by atoms with Crippen molar-refractivity contribution in [1.29, 1.82) is 0 Å². The first kappa shape index (κ1) is 22.0. The van der Waals surface area contributed by atoms with Gasteiger partial charge in [-0.25, -0.2) is 0 Å². The Morgan fingerprint density at radius 2 is 1.77 bits per heavy atom. The lowest BCUT2D eigenvalue weighted by Crippen LogP contribution is -2.55. The van der Waals surface area contributed by atoms with Crippen molar-refractivity contribution in [2.45, 2.75) is 51.0 Å². The molecule has 6 heteroatoms. The number of likely N-dealkylation sites (tertiary alicyclic amines) is 1. The van der Waals surface area contributed by atoms with Gasteiger partial charge in [-0.15, -0.1) is 24.8 Å². The molecule has 1 saturated carbocycles. The van der Waals surface area contributed by atoms with Crippen LogP contribution in [0.2, 0.25) is 0 Å². The first-order chi connectivity index (χ1) is 9.40. The molecule has 4 nitrogen and oxygen atoms in total. The van der Waals surface area contributed by atoms with Crippen molar-refractivity contribution in [3.8, 4) is 0 Å². The predicted octanol–water partition coefficient (Wildman–Crippen LogP) is 2.54. The van der Waals surface area contributed by atoms with Crippen molar-refractivity contribution in [3.63, 3.8) is 0 Å². The second-order valence-electron chi connectivity index (χ2n) is 7.34. The van der Waals surface area contributed by atoms with Crippen molar-refractivity contribution >= 4 is 30.7 Å². The number of rotatable bonds is 3. The lowest BCUT2D eigenvalue weighted by Gasteiger charge is -2.42. The summed E-state index contributed by atoms with van der Waals surface area (Å²) in [5.74, 6) is 1.10. The lowest BCUT2D eigenvalue weighted by atomic mass is 9.73. The molecule has 1 heterocycles. The molecular formula is C16H33Cl2N3O. The topological polar surface area (TPSA) is 49.6 Å². The van der Waals surface area contributed by atoms with E-state index in [2.05, 4.69) is 30.8 Å². The molecule has 0 aromatic rings. The van der Waals surface area contributed by atoms with Crippen LogP contribution in [0.1, 0.15) is 45.4 Å². The maximum absolute atomic E-state index is 12.7. The minimum Gasteiger partial charge on any atom is -0.342 e. The van der Waals surface area contributed by atoms with Crippen LogP contribution in [-0.4, -0.2) is 55.0 Å². The van der Waals surface area contributed by atoms with E-state index in [0.717, 1.165) is 57.7 Å². The van der Waals surface area contributed by atoms with E-state index in [0.29, 0.717) is 5.91 Å². The van der Waals surface area contributed by atoms with Gasteiger partial charge in [-0.05, 0) is 52.6 Å². The van der Waals surface area contributed by atoms with Gasteiger partial charge in [-0.1, -0.05) is 12.8 Å². The summed E-state index contributed by atoms with van der Waals surface area (Å²) in [5.41, 5.74) is 6.07. The van der Waals surface area contributed by atoms with Crippen molar-refractivity contribution in [1.82, 2.24) is 9.80 Å². The van der Waals surface area contributed by atoms with Gasteiger partial charge < -0.3 is 15.5 Å². The Morgan fingerprint density at radius 3 is 2.27 bits per heavy atom. The molecule has 2 aliphatic rings. The smallest absolute Gasteiger partial charge is 0.227 e. The van der Waals surface area contributed by atoms with Gasteiger partial charge in [0.1, 0.15) is 0 Å². The van der Waals surface area contributed by atoms with Gasteiger partial charge in [0.05, 0.1) is 5.92 Å².